The fourth-order valence-electron chi connectivity index (χ4n) is 3.22. The van der Waals surface area contributed by atoms with Crippen LogP contribution in [0.3, 0.4) is 0 Å². The van der Waals surface area contributed by atoms with Gasteiger partial charge in [-0.2, -0.15) is 0 Å². The lowest BCUT2D eigenvalue weighted by molar-refractivity contribution is -0.155. The maximum atomic E-state index is 12.9. The van der Waals surface area contributed by atoms with Crippen molar-refractivity contribution in [3.63, 3.8) is 0 Å². The minimum atomic E-state index is -1.10. The van der Waals surface area contributed by atoms with Gasteiger partial charge in [-0.05, 0) is 55.8 Å². The third-order valence-electron chi connectivity index (χ3n) is 5.13. The van der Waals surface area contributed by atoms with Crippen LogP contribution in [0.4, 0.5) is 5.69 Å². The van der Waals surface area contributed by atoms with Gasteiger partial charge in [-0.15, -0.1) is 0 Å². The molecule has 0 bridgehead atoms. The van der Waals surface area contributed by atoms with E-state index in [0.717, 1.165) is 5.56 Å². The van der Waals surface area contributed by atoms with Gasteiger partial charge in [0.25, 0.3) is 11.8 Å². The minimum absolute atomic E-state index is 0.0813. The van der Waals surface area contributed by atoms with Gasteiger partial charge in [0.2, 0.25) is 0 Å². The van der Waals surface area contributed by atoms with Crippen LogP contribution in [0.15, 0.2) is 84.9 Å². The molecule has 2 N–H and O–H groups in total. The predicted octanol–water partition coefficient (Wildman–Crippen LogP) is 3.80. The molecule has 0 heterocycles. The number of benzene rings is 3. The number of carbonyl (C=O) groups excluding carboxylic acids is 4. The molecule has 0 radical (unpaired) electrons. The topological polar surface area (TPSA) is 102 Å². The summed E-state index contributed by atoms with van der Waals surface area (Å²) in [6.45, 7) is 2.91. The van der Waals surface area contributed by atoms with Crippen molar-refractivity contribution < 1.29 is 23.9 Å². The van der Waals surface area contributed by atoms with Gasteiger partial charge in [-0.25, -0.2) is 4.79 Å². The third-order valence-corrected chi connectivity index (χ3v) is 5.13. The number of hydrogen-bond donors (Lipinski definition) is 2. The molecule has 0 aliphatic heterocycles. The van der Waals surface area contributed by atoms with Crippen molar-refractivity contribution in [2.75, 3.05) is 5.32 Å². The monoisotopic (exact) mass is 458 g/mol. The summed E-state index contributed by atoms with van der Waals surface area (Å²) in [5.41, 5.74) is 2.24. The van der Waals surface area contributed by atoms with Crippen LogP contribution in [0.5, 0.6) is 0 Å². The number of esters is 1. The summed E-state index contributed by atoms with van der Waals surface area (Å²) in [5, 5.41) is 5.37. The fourth-order valence-corrected chi connectivity index (χ4v) is 3.22. The van der Waals surface area contributed by atoms with Crippen molar-refractivity contribution in [1.82, 2.24) is 5.32 Å². The van der Waals surface area contributed by atoms with Crippen LogP contribution in [0.25, 0.3) is 0 Å². The van der Waals surface area contributed by atoms with E-state index in [1.165, 1.54) is 13.8 Å². The van der Waals surface area contributed by atoms with Crippen LogP contribution in [0, 0.1) is 0 Å². The highest BCUT2D eigenvalue weighted by Gasteiger charge is 2.27. The smallest absolute Gasteiger partial charge is 0.329 e. The molecule has 174 valence electrons. The highest BCUT2D eigenvalue weighted by molar-refractivity contribution is 5.99. The second-order valence-corrected chi connectivity index (χ2v) is 7.78. The zero-order valence-electron chi connectivity index (χ0n) is 19.0. The van der Waals surface area contributed by atoms with Gasteiger partial charge < -0.3 is 15.4 Å². The Labute approximate surface area is 198 Å². The van der Waals surface area contributed by atoms with E-state index in [0.29, 0.717) is 16.8 Å². The Hall–Kier alpha value is -4.26. The predicted molar refractivity (Wildman–Crippen MR) is 128 cm³/mol. The third kappa shape index (κ3) is 6.87. The van der Waals surface area contributed by atoms with Gasteiger partial charge in [0.1, 0.15) is 6.04 Å². The van der Waals surface area contributed by atoms with Crippen molar-refractivity contribution in [2.24, 2.45) is 0 Å². The van der Waals surface area contributed by atoms with E-state index in [1.54, 1.807) is 54.6 Å². The molecule has 0 aromatic heterocycles. The second-order valence-electron chi connectivity index (χ2n) is 7.78. The van der Waals surface area contributed by atoms with E-state index in [9.17, 15) is 19.2 Å². The molecule has 0 spiro atoms. The average molecular weight is 459 g/mol. The molecular weight excluding hydrogens is 432 g/mol. The molecule has 34 heavy (non-hydrogen) atoms. The van der Waals surface area contributed by atoms with Crippen LogP contribution < -0.4 is 10.6 Å². The lowest BCUT2D eigenvalue weighted by atomic mass is 10.1. The first-order chi connectivity index (χ1) is 16.3. The van der Waals surface area contributed by atoms with Gasteiger partial charge in [0.05, 0.1) is 0 Å². The molecule has 0 fully saturated rings. The van der Waals surface area contributed by atoms with E-state index in [4.69, 9.17) is 4.74 Å². The van der Waals surface area contributed by atoms with Gasteiger partial charge in [-0.3, -0.25) is 14.4 Å². The van der Waals surface area contributed by atoms with Crippen LogP contribution >= 0.6 is 0 Å². The molecule has 2 atom stereocenters. The zero-order valence-corrected chi connectivity index (χ0v) is 19.0. The van der Waals surface area contributed by atoms with E-state index >= 15 is 0 Å². The molecule has 2 amide bonds. The number of hydrogen-bond acceptors (Lipinski definition) is 5. The quantitative estimate of drug-likeness (QED) is 0.375. The minimum Gasteiger partial charge on any atom is -0.451 e. The molecule has 0 saturated carbocycles. The lowest BCUT2D eigenvalue weighted by Crippen LogP contribution is -2.45. The Morgan fingerprint density at radius 3 is 1.97 bits per heavy atom. The van der Waals surface area contributed by atoms with Gasteiger partial charge in [0.15, 0.2) is 11.9 Å². The zero-order chi connectivity index (χ0) is 24.5. The number of nitrogens with one attached hydrogen (secondary N) is 2. The van der Waals surface area contributed by atoms with Crippen molar-refractivity contribution in [3.05, 3.63) is 102 Å². The fraction of sp³-hybridized carbons (Fsp3) is 0.185. The number of rotatable bonds is 9. The Morgan fingerprint density at radius 1 is 0.794 bits per heavy atom. The molecular formula is C27H26N2O5. The molecule has 7 nitrogen and oxygen atoms in total. The SMILES string of the molecule is CC(=O)c1ccc(NC(=O)C(C)OC(=O)C(Cc2ccccc2)NC(=O)c2ccccc2)cc1. The molecule has 0 aliphatic carbocycles. The maximum Gasteiger partial charge on any atom is 0.329 e. The van der Waals surface area contributed by atoms with Gasteiger partial charge >= 0.3 is 5.97 Å². The van der Waals surface area contributed by atoms with Crippen molar-refractivity contribution in [3.8, 4) is 0 Å². The average Bonchev–Trinajstić information content (AvgIpc) is 2.85. The summed E-state index contributed by atoms with van der Waals surface area (Å²) in [5.74, 6) is -1.75. The van der Waals surface area contributed by atoms with Crippen LogP contribution in [-0.4, -0.2) is 35.7 Å². The molecule has 0 saturated heterocycles. The molecule has 2 unspecified atom stereocenters. The number of ether oxygens (including phenoxy) is 1. The van der Waals surface area contributed by atoms with Crippen molar-refractivity contribution in [2.45, 2.75) is 32.4 Å². The molecule has 0 aliphatic rings. The number of Topliss-reactive ketones (excluding diaryl/α,β-unsaturated/α-hetero) is 1. The lowest BCUT2D eigenvalue weighted by Gasteiger charge is -2.20. The van der Waals surface area contributed by atoms with E-state index < -0.39 is 29.9 Å². The van der Waals surface area contributed by atoms with Crippen LogP contribution in [-0.2, 0) is 20.7 Å². The second kappa shape index (κ2) is 11.6. The molecule has 3 aromatic rings. The summed E-state index contributed by atoms with van der Waals surface area (Å²) in [6.07, 6.45) is -0.897. The van der Waals surface area contributed by atoms with Crippen molar-refractivity contribution >= 4 is 29.3 Å². The Kier molecular flexibility index (Phi) is 8.29. The Balaban J connectivity index is 1.67. The first-order valence-corrected chi connectivity index (χ1v) is 10.9. The van der Waals surface area contributed by atoms with E-state index in [-0.39, 0.29) is 12.2 Å². The summed E-state index contributed by atoms with van der Waals surface area (Å²) < 4.78 is 5.40. The summed E-state index contributed by atoms with van der Waals surface area (Å²) in [7, 11) is 0. The van der Waals surface area contributed by atoms with E-state index in [2.05, 4.69) is 10.6 Å². The number of ketones is 1. The van der Waals surface area contributed by atoms with Gasteiger partial charge in [0, 0.05) is 23.2 Å². The first-order valence-electron chi connectivity index (χ1n) is 10.9. The molecule has 3 rings (SSSR count). The summed E-state index contributed by atoms with van der Waals surface area (Å²) in [6, 6.07) is 23.2. The maximum absolute atomic E-state index is 12.9. The Morgan fingerprint density at radius 2 is 1.38 bits per heavy atom. The number of carbonyl (C=O) groups is 4. The van der Waals surface area contributed by atoms with E-state index in [1.807, 2.05) is 30.3 Å². The summed E-state index contributed by atoms with van der Waals surface area (Å²) in [4.78, 5) is 49.6. The summed E-state index contributed by atoms with van der Waals surface area (Å²) >= 11 is 0. The van der Waals surface area contributed by atoms with Crippen LogP contribution in [0.2, 0.25) is 0 Å². The molecule has 7 heteroatoms. The Bertz CT molecular complexity index is 1140. The standard InChI is InChI=1S/C27H26N2O5/c1-18(30)21-13-15-23(16-14-21)28-25(31)19(2)34-27(33)24(17-20-9-5-3-6-10-20)29-26(32)22-11-7-4-8-12-22/h3-16,19,24H,17H2,1-2H3,(H,28,31)(H,29,32). The van der Waals surface area contributed by atoms with Gasteiger partial charge in [-0.1, -0.05) is 48.5 Å². The van der Waals surface area contributed by atoms with Crippen LogP contribution in [0.1, 0.15) is 40.1 Å². The largest absolute Gasteiger partial charge is 0.451 e. The first kappa shape index (κ1) is 24.4. The molecule has 3 aromatic carbocycles. The highest BCUT2D eigenvalue weighted by Crippen LogP contribution is 2.12. The number of anilines is 1. The highest BCUT2D eigenvalue weighted by atomic mass is 16.5. The number of amides is 2. The normalized spacial score (nSPS) is 12.2. The van der Waals surface area contributed by atoms with Crippen molar-refractivity contribution in [1.29, 1.82) is 0 Å².